The lowest BCUT2D eigenvalue weighted by molar-refractivity contribution is 0.0371. The number of amides is 1. The van der Waals surface area contributed by atoms with Crippen molar-refractivity contribution in [1.82, 2.24) is 15.4 Å². The molecule has 4 nitrogen and oxygen atoms in total. The Hall–Kier alpha value is -2.20. The van der Waals surface area contributed by atoms with Gasteiger partial charge in [0.2, 0.25) is 0 Å². The summed E-state index contributed by atoms with van der Waals surface area (Å²) in [7, 11) is 0. The fourth-order valence-corrected chi connectivity index (χ4v) is 4.30. The van der Waals surface area contributed by atoms with Gasteiger partial charge < -0.3 is 0 Å². The normalized spacial score (nSPS) is 22.0. The molecule has 1 aliphatic carbocycles. The fourth-order valence-electron chi connectivity index (χ4n) is 4.30. The maximum absolute atomic E-state index is 13.4. The van der Waals surface area contributed by atoms with Crippen LogP contribution < -0.4 is 5.43 Å². The van der Waals surface area contributed by atoms with Gasteiger partial charge in [-0.2, -0.15) is 0 Å². The second-order valence-corrected chi connectivity index (χ2v) is 7.64. The minimum atomic E-state index is -0.00741. The second kappa shape index (κ2) is 9.33. The molecule has 4 heteroatoms. The van der Waals surface area contributed by atoms with Crippen LogP contribution in [0.1, 0.15) is 81.4 Å². The molecule has 2 aliphatic rings. The predicted molar refractivity (Wildman–Crippen MR) is 117 cm³/mol. The van der Waals surface area contributed by atoms with Crippen LogP contribution in [0.15, 0.2) is 30.3 Å². The zero-order valence-electron chi connectivity index (χ0n) is 17.7. The van der Waals surface area contributed by atoms with Crippen molar-refractivity contribution in [3.8, 4) is 0 Å². The number of hydrazine groups is 1. The molecular weight excluding hydrogens is 346 g/mol. The van der Waals surface area contributed by atoms with E-state index in [0.717, 1.165) is 59.8 Å². The third kappa shape index (κ3) is 4.12. The van der Waals surface area contributed by atoms with E-state index in [1.807, 2.05) is 38.1 Å². The van der Waals surface area contributed by atoms with E-state index < -0.39 is 0 Å². The Bertz CT molecular complexity index is 848. The lowest BCUT2D eigenvalue weighted by Crippen LogP contribution is -2.54. The molecule has 0 saturated carbocycles. The van der Waals surface area contributed by atoms with Gasteiger partial charge in [-0.15, -0.1) is 0 Å². The number of carbonyl (C=O) groups excluding carboxylic acids is 1. The molecule has 2 heterocycles. The highest BCUT2D eigenvalue weighted by molar-refractivity contribution is 6.09. The quantitative estimate of drug-likeness (QED) is 0.747. The van der Waals surface area contributed by atoms with E-state index >= 15 is 0 Å². The van der Waals surface area contributed by atoms with Crippen molar-refractivity contribution >= 4 is 22.9 Å². The van der Waals surface area contributed by atoms with Crippen LogP contribution in [0.4, 0.5) is 0 Å². The smallest absolute Gasteiger partial charge is 0.266 e. The van der Waals surface area contributed by atoms with Crippen molar-refractivity contribution in [3.63, 3.8) is 0 Å². The summed E-state index contributed by atoms with van der Waals surface area (Å²) < 4.78 is 0. The molecule has 0 radical (unpaired) electrons. The van der Waals surface area contributed by atoms with Crippen LogP contribution in [0.2, 0.25) is 0 Å². The van der Waals surface area contributed by atoms with Crippen LogP contribution >= 0.6 is 0 Å². The Balaban J connectivity index is 0.00000109. The molecule has 1 saturated heterocycles. The summed E-state index contributed by atoms with van der Waals surface area (Å²) in [4.78, 5) is 18.2. The average molecular weight is 380 g/mol. The Morgan fingerprint density at radius 1 is 1.11 bits per heavy atom. The Morgan fingerprint density at radius 3 is 2.57 bits per heavy atom. The van der Waals surface area contributed by atoms with Crippen LogP contribution in [-0.4, -0.2) is 28.0 Å². The summed E-state index contributed by atoms with van der Waals surface area (Å²) in [6.45, 7) is 8.39. The van der Waals surface area contributed by atoms with Gasteiger partial charge in [-0.3, -0.25) is 15.2 Å². The SMILES string of the molecule is CC.CC1CCCC(C)N1NC(=O)c1c2c(nc3ccccc13)CCCC=C2. The molecular formula is C24H33N3O. The molecule has 0 bridgehead atoms. The third-order valence-electron chi connectivity index (χ3n) is 5.73. The molecule has 2 atom stereocenters. The molecule has 150 valence electrons. The van der Waals surface area contributed by atoms with Crippen molar-refractivity contribution in [2.24, 2.45) is 0 Å². The molecule has 1 aromatic carbocycles. The first kappa shape index (κ1) is 20.5. The monoisotopic (exact) mass is 379 g/mol. The zero-order chi connectivity index (χ0) is 20.1. The Labute approximate surface area is 169 Å². The zero-order valence-corrected chi connectivity index (χ0v) is 17.7. The van der Waals surface area contributed by atoms with E-state index in [1.54, 1.807) is 0 Å². The van der Waals surface area contributed by atoms with Crippen LogP contribution in [0.5, 0.6) is 0 Å². The van der Waals surface area contributed by atoms with E-state index in [0.29, 0.717) is 12.1 Å². The number of allylic oxidation sites excluding steroid dienone is 1. The number of hydrogen-bond acceptors (Lipinski definition) is 3. The van der Waals surface area contributed by atoms with Gasteiger partial charge in [-0.05, 0) is 52.0 Å². The van der Waals surface area contributed by atoms with Crippen LogP contribution in [0, 0.1) is 0 Å². The topological polar surface area (TPSA) is 45.2 Å². The van der Waals surface area contributed by atoms with E-state index in [-0.39, 0.29) is 5.91 Å². The highest BCUT2D eigenvalue weighted by Gasteiger charge is 2.28. The van der Waals surface area contributed by atoms with Crippen molar-refractivity contribution in [2.45, 2.75) is 78.3 Å². The number of nitrogens with zero attached hydrogens (tertiary/aromatic N) is 2. The molecule has 2 aromatic rings. The predicted octanol–water partition coefficient (Wildman–Crippen LogP) is 5.52. The number of piperidine rings is 1. The standard InChI is InChI=1S/C22H27N3O.C2H6/c1-15-9-8-10-16(2)25(15)24-22(26)21-17-11-4-3-5-13-19(17)23-20-14-7-6-12-18(20)21;1-2/h4,6-7,11-12,14-16H,3,5,8-10,13H2,1-2H3,(H,24,26);1-2H3. The first-order valence-electron chi connectivity index (χ1n) is 10.8. The molecule has 1 amide bonds. The largest absolute Gasteiger partial charge is 0.284 e. The van der Waals surface area contributed by atoms with Crippen LogP contribution in [-0.2, 0) is 6.42 Å². The van der Waals surface area contributed by atoms with Crippen molar-refractivity contribution in [2.75, 3.05) is 0 Å². The number of aromatic nitrogens is 1. The number of pyridine rings is 1. The number of carbonyl (C=O) groups is 1. The van der Waals surface area contributed by atoms with Gasteiger partial charge in [0, 0.05) is 28.7 Å². The molecule has 2 unspecified atom stereocenters. The first-order valence-corrected chi connectivity index (χ1v) is 10.8. The summed E-state index contributed by atoms with van der Waals surface area (Å²) in [6.07, 6.45) is 10.8. The molecule has 1 aromatic heterocycles. The lowest BCUT2D eigenvalue weighted by Gasteiger charge is -2.38. The molecule has 0 spiro atoms. The summed E-state index contributed by atoms with van der Waals surface area (Å²) >= 11 is 0. The maximum atomic E-state index is 13.4. The van der Waals surface area contributed by atoms with Gasteiger partial charge in [-0.25, -0.2) is 5.01 Å². The van der Waals surface area contributed by atoms with Crippen LogP contribution in [0.3, 0.4) is 0 Å². The molecule has 1 aliphatic heterocycles. The van der Waals surface area contributed by atoms with E-state index in [9.17, 15) is 4.79 Å². The number of rotatable bonds is 2. The van der Waals surface area contributed by atoms with Gasteiger partial charge in [0.25, 0.3) is 5.91 Å². The maximum Gasteiger partial charge on any atom is 0.266 e. The van der Waals surface area contributed by atoms with E-state index in [4.69, 9.17) is 4.98 Å². The number of fused-ring (bicyclic) bond motifs is 2. The minimum Gasteiger partial charge on any atom is -0.284 e. The highest BCUT2D eigenvalue weighted by Crippen LogP contribution is 2.29. The van der Waals surface area contributed by atoms with Gasteiger partial charge in [-0.1, -0.05) is 50.6 Å². The van der Waals surface area contributed by atoms with E-state index in [1.165, 1.54) is 6.42 Å². The Kier molecular flexibility index (Phi) is 6.84. The molecule has 1 N–H and O–H groups in total. The molecule has 28 heavy (non-hydrogen) atoms. The van der Waals surface area contributed by atoms with Gasteiger partial charge in [0.05, 0.1) is 11.1 Å². The second-order valence-electron chi connectivity index (χ2n) is 7.64. The van der Waals surface area contributed by atoms with Crippen molar-refractivity contribution < 1.29 is 4.79 Å². The van der Waals surface area contributed by atoms with Crippen molar-refractivity contribution in [1.29, 1.82) is 0 Å². The average Bonchev–Trinajstić information content (AvgIpc) is 2.95. The van der Waals surface area contributed by atoms with Gasteiger partial charge >= 0.3 is 0 Å². The van der Waals surface area contributed by atoms with Crippen molar-refractivity contribution in [3.05, 3.63) is 47.2 Å². The summed E-state index contributed by atoms with van der Waals surface area (Å²) in [5.41, 5.74) is 6.95. The third-order valence-corrected chi connectivity index (χ3v) is 5.73. The number of aryl methyl sites for hydroxylation is 1. The highest BCUT2D eigenvalue weighted by atomic mass is 16.2. The number of hydrogen-bond donors (Lipinski definition) is 1. The van der Waals surface area contributed by atoms with Crippen LogP contribution in [0.25, 0.3) is 17.0 Å². The fraction of sp³-hybridized carbons (Fsp3) is 0.500. The molecule has 4 rings (SSSR count). The first-order chi connectivity index (χ1) is 13.6. The lowest BCUT2D eigenvalue weighted by atomic mass is 9.97. The number of benzene rings is 1. The minimum absolute atomic E-state index is 0.00741. The van der Waals surface area contributed by atoms with Gasteiger partial charge in [0.15, 0.2) is 0 Å². The summed E-state index contributed by atoms with van der Waals surface area (Å²) in [6, 6.07) is 8.73. The summed E-state index contributed by atoms with van der Waals surface area (Å²) in [5.74, 6) is -0.00741. The Morgan fingerprint density at radius 2 is 1.82 bits per heavy atom. The van der Waals surface area contributed by atoms with Gasteiger partial charge in [0.1, 0.15) is 0 Å². The number of para-hydroxylation sites is 1. The summed E-state index contributed by atoms with van der Waals surface area (Å²) in [5, 5.41) is 3.08. The number of nitrogens with one attached hydrogen (secondary N) is 1. The molecule has 1 fully saturated rings. The van der Waals surface area contributed by atoms with E-state index in [2.05, 4.69) is 36.4 Å².